The maximum atomic E-state index is 12.8. The second-order valence-corrected chi connectivity index (χ2v) is 9.91. The number of halogens is 1. The zero-order chi connectivity index (χ0) is 21.7. The highest BCUT2D eigenvalue weighted by molar-refractivity contribution is 7.99. The molecule has 3 rings (SSSR count). The molecule has 1 aromatic heterocycles. The van der Waals surface area contributed by atoms with Gasteiger partial charge in [-0.25, -0.2) is 13.4 Å². The monoisotopic (exact) mass is 467 g/mol. The SMILES string of the molecule is CCN(CC)S(=O)(=O)c1ccc2c(c1)nc(SCCOc1ccccc1Cl)n2CC. The van der Waals surface area contributed by atoms with Crippen LogP contribution >= 0.6 is 23.4 Å². The van der Waals surface area contributed by atoms with Crippen molar-refractivity contribution in [2.45, 2.75) is 37.4 Å². The molecule has 0 amide bonds. The average Bonchev–Trinajstić information content (AvgIpc) is 3.09. The molecule has 0 saturated carbocycles. The molecule has 9 heteroatoms. The summed E-state index contributed by atoms with van der Waals surface area (Å²) in [5, 5.41) is 1.43. The van der Waals surface area contributed by atoms with E-state index in [2.05, 4.69) is 4.57 Å². The molecule has 0 aliphatic heterocycles. The Kier molecular flexibility index (Phi) is 7.68. The van der Waals surface area contributed by atoms with Gasteiger partial charge < -0.3 is 9.30 Å². The number of rotatable bonds is 10. The summed E-state index contributed by atoms with van der Waals surface area (Å²) in [5.74, 6) is 1.36. The molecule has 3 aromatic rings. The van der Waals surface area contributed by atoms with Crippen LogP contribution in [0.25, 0.3) is 11.0 Å². The second kappa shape index (κ2) is 10.0. The summed E-state index contributed by atoms with van der Waals surface area (Å²) < 4.78 is 34.9. The molecule has 0 bridgehead atoms. The van der Waals surface area contributed by atoms with Crippen molar-refractivity contribution in [1.29, 1.82) is 0 Å². The molecule has 0 aliphatic carbocycles. The third-order valence-corrected chi connectivity index (χ3v) is 8.05. The van der Waals surface area contributed by atoms with E-state index in [1.54, 1.807) is 30.0 Å². The summed E-state index contributed by atoms with van der Waals surface area (Å²) >= 11 is 7.69. The predicted molar refractivity (Wildman–Crippen MR) is 123 cm³/mol. The molecule has 0 atom stereocenters. The van der Waals surface area contributed by atoms with Crippen molar-refractivity contribution in [3.05, 3.63) is 47.5 Å². The molecular formula is C21H26ClN3O3S2. The summed E-state index contributed by atoms with van der Waals surface area (Å²) in [6.07, 6.45) is 0. The van der Waals surface area contributed by atoms with Crippen LogP contribution < -0.4 is 4.74 Å². The largest absolute Gasteiger partial charge is 0.491 e. The van der Waals surface area contributed by atoms with Crippen molar-refractivity contribution >= 4 is 44.4 Å². The zero-order valence-corrected chi connectivity index (χ0v) is 19.7. The molecule has 162 valence electrons. The highest BCUT2D eigenvalue weighted by Crippen LogP contribution is 2.28. The molecule has 0 spiro atoms. The van der Waals surface area contributed by atoms with Crippen molar-refractivity contribution in [2.24, 2.45) is 0 Å². The van der Waals surface area contributed by atoms with E-state index >= 15 is 0 Å². The van der Waals surface area contributed by atoms with Crippen molar-refractivity contribution in [2.75, 3.05) is 25.4 Å². The number of para-hydroxylation sites is 1. The van der Waals surface area contributed by atoms with E-state index in [0.717, 1.165) is 17.2 Å². The molecule has 6 nitrogen and oxygen atoms in total. The van der Waals surface area contributed by atoms with Crippen molar-refractivity contribution < 1.29 is 13.2 Å². The van der Waals surface area contributed by atoms with Gasteiger partial charge in [-0.15, -0.1) is 0 Å². The van der Waals surface area contributed by atoms with Crippen LogP contribution in [0.5, 0.6) is 5.75 Å². The molecule has 0 unspecified atom stereocenters. The van der Waals surface area contributed by atoms with Gasteiger partial charge in [0.2, 0.25) is 10.0 Å². The Labute approximate surface area is 187 Å². The Morgan fingerprint density at radius 3 is 2.53 bits per heavy atom. The first-order valence-electron chi connectivity index (χ1n) is 9.92. The van der Waals surface area contributed by atoms with Gasteiger partial charge in [0.05, 0.1) is 27.6 Å². The first-order chi connectivity index (χ1) is 14.4. The number of benzene rings is 2. The van der Waals surface area contributed by atoms with E-state index in [1.807, 2.05) is 45.0 Å². The Morgan fingerprint density at radius 2 is 1.87 bits per heavy atom. The Morgan fingerprint density at radius 1 is 1.13 bits per heavy atom. The maximum absolute atomic E-state index is 12.8. The van der Waals surface area contributed by atoms with Crippen molar-refractivity contribution in [3.63, 3.8) is 0 Å². The third kappa shape index (κ3) is 4.77. The zero-order valence-electron chi connectivity index (χ0n) is 17.3. The van der Waals surface area contributed by atoms with E-state index in [1.165, 1.54) is 4.31 Å². The van der Waals surface area contributed by atoms with E-state index in [4.69, 9.17) is 21.3 Å². The standard InChI is InChI=1S/C21H26ClN3O3S2/c1-4-24(5-2)30(26,27)16-11-12-19-18(15-16)23-21(25(19)6-3)29-14-13-28-20-10-8-7-9-17(20)22/h7-12,15H,4-6,13-14H2,1-3H3. The second-order valence-electron chi connectivity index (χ2n) is 6.51. The van der Waals surface area contributed by atoms with Gasteiger partial charge in [-0.3, -0.25) is 0 Å². The summed E-state index contributed by atoms with van der Waals surface area (Å²) in [6, 6.07) is 12.6. The number of thioether (sulfide) groups is 1. The fourth-order valence-corrected chi connectivity index (χ4v) is 5.79. The fraction of sp³-hybridized carbons (Fsp3) is 0.381. The normalized spacial score (nSPS) is 12.0. The molecule has 2 aromatic carbocycles. The molecular weight excluding hydrogens is 442 g/mol. The minimum absolute atomic E-state index is 0.276. The van der Waals surface area contributed by atoms with Gasteiger partial charge in [-0.1, -0.05) is 49.3 Å². The number of ether oxygens (including phenoxy) is 1. The van der Waals surface area contributed by atoms with Gasteiger partial charge in [-0.05, 0) is 37.3 Å². The number of fused-ring (bicyclic) bond motifs is 1. The Balaban J connectivity index is 1.78. The number of nitrogens with zero attached hydrogens (tertiary/aromatic N) is 3. The smallest absolute Gasteiger partial charge is 0.243 e. The van der Waals surface area contributed by atoms with Crippen LogP contribution in [-0.4, -0.2) is 47.7 Å². The number of aromatic nitrogens is 2. The quantitative estimate of drug-likeness (QED) is 0.313. The van der Waals surface area contributed by atoms with Gasteiger partial charge in [0.1, 0.15) is 5.75 Å². The maximum Gasteiger partial charge on any atom is 0.243 e. The van der Waals surface area contributed by atoms with Crippen LogP contribution in [0.3, 0.4) is 0 Å². The van der Waals surface area contributed by atoms with Gasteiger partial charge in [0.15, 0.2) is 5.16 Å². The lowest BCUT2D eigenvalue weighted by molar-refractivity contribution is 0.344. The van der Waals surface area contributed by atoms with E-state index in [-0.39, 0.29) is 4.90 Å². The summed E-state index contributed by atoms with van der Waals surface area (Å²) in [6.45, 7) is 7.83. The third-order valence-electron chi connectivity index (χ3n) is 4.75. The lowest BCUT2D eigenvalue weighted by Gasteiger charge is -2.18. The van der Waals surface area contributed by atoms with Crippen LogP contribution in [0.4, 0.5) is 0 Å². The Hall–Kier alpha value is -1.74. The topological polar surface area (TPSA) is 64.4 Å². The highest BCUT2D eigenvalue weighted by Gasteiger charge is 2.23. The van der Waals surface area contributed by atoms with Gasteiger partial charge in [-0.2, -0.15) is 4.31 Å². The number of aryl methyl sites for hydroxylation is 1. The highest BCUT2D eigenvalue weighted by atomic mass is 35.5. The van der Waals surface area contributed by atoms with Crippen LogP contribution in [0.15, 0.2) is 52.5 Å². The van der Waals surface area contributed by atoms with Gasteiger partial charge in [0, 0.05) is 25.4 Å². The van der Waals surface area contributed by atoms with Crippen LogP contribution in [0.1, 0.15) is 20.8 Å². The first-order valence-corrected chi connectivity index (χ1v) is 12.7. The average molecular weight is 468 g/mol. The van der Waals surface area contributed by atoms with Crippen LogP contribution in [0, 0.1) is 0 Å². The van der Waals surface area contributed by atoms with E-state index < -0.39 is 10.0 Å². The molecule has 1 heterocycles. The van der Waals surface area contributed by atoms with Crippen LogP contribution in [-0.2, 0) is 16.6 Å². The molecule has 0 aliphatic rings. The molecule has 0 saturated heterocycles. The number of hydrogen-bond acceptors (Lipinski definition) is 5. The lowest BCUT2D eigenvalue weighted by atomic mass is 10.3. The summed E-state index contributed by atoms with van der Waals surface area (Å²) in [7, 11) is -3.51. The predicted octanol–water partition coefficient (Wildman–Crippen LogP) is 4.91. The van der Waals surface area contributed by atoms with Gasteiger partial charge in [0.25, 0.3) is 0 Å². The summed E-state index contributed by atoms with van der Waals surface area (Å²) in [5.41, 5.74) is 1.60. The number of hydrogen-bond donors (Lipinski definition) is 0. The van der Waals surface area contributed by atoms with E-state index in [0.29, 0.717) is 41.7 Å². The van der Waals surface area contributed by atoms with E-state index in [9.17, 15) is 8.42 Å². The molecule has 0 N–H and O–H groups in total. The lowest BCUT2D eigenvalue weighted by Crippen LogP contribution is -2.30. The fourth-order valence-electron chi connectivity index (χ4n) is 3.22. The van der Waals surface area contributed by atoms with Crippen molar-refractivity contribution in [3.8, 4) is 5.75 Å². The molecule has 0 radical (unpaired) electrons. The molecule has 30 heavy (non-hydrogen) atoms. The first kappa shape index (κ1) is 22.9. The number of sulfonamides is 1. The minimum Gasteiger partial charge on any atom is -0.491 e. The summed E-state index contributed by atoms with van der Waals surface area (Å²) in [4.78, 5) is 4.97. The minimum atomic E-state index is -3.51. The number of imidazole rings is 1. The Bertz CT molecular complexity index is 1110. The van der Waals surface area contributed by atoms with Gasteiger partial charge >= 0.3 is 0 Å². The van der Waals surface area contributed by atoms with Crippen LogP contribution in [0.2, 0.25) is 5.02 Å². The van der Waals surface area contributed by atoms with Crippen molar-refractivity contribution in [1.82, 2.24) is 13.9 Å². The molecule has 0 fully saturated rings.